The van der Waals surface area contributed by atoms with Gasteiger partial charge in [0.1, 0.15) is 0 Å². The molecule has 1 aromatic heterocycles. The minimum atomic E-state index is -0.0297. The molecule has 0 atom stereocenters. The first-order valence-electron chi connectivity index (χ1n) is 6.26. The maximum atomic E-state index is 12.8. The molecule has 0 amide bonds. The molecule has 5 heteroatoms. The monoisotopic (exact) mass is 335 g/mol. The highest BCUT2D eigenvalue weighted by Gasteiger charge is 2.16. The fraction of sp³-hybridized carbons (Fsp3) is 0.0625. The number of benzene rings is 2. The molecular weight excluding hydrogens is 325 g/mol. The molecule has 1 heterocycles. The number of thioether (sulfide) groups is 1. The minimum Gasteiger partial charge on any atom is -0.349 e. The number of hydrogen-bond donors (Lipinski definition) is 1. The Kier molecular flexibility index (Phi) is 3.98. The molecule has 0 aliphatic carbocycles. The summed E-state index contributed by atoms with van der Waals surface area (Å²) >= 11 is 13.7. The summed E-state index contributed by atoms with van der Waals surface area (Å²) in [6, 6.07) is 12.6. The van der Waals surface area contributed by atoms with Crippen molar-refractivity contribution in [1.82, 2.24) is 4.98 Å². The number of aromatic amines is 1. The fourth-order valence-electron chi connectivity index (χ4n) is 2.30. The number of fused-ring (bicyclic) bond motifs is 1. The minimum absolute atomic E-state index is 0.0297. The summed E-state index contributed by atoms with van der Waals surface area (Å²) in [5, 5.41) is 2.46. The topological polar surface area (TPSA) is 32.9 Å². The van der Waals surface area contributed by atoms with Crippen molar-refractivity contribution in [2.24, 2.45) is 0 Å². The number of H-pyrrole nitrogens is 1. The lowest BCUT2D eigenvalue weighted by molar-refractivity contribution is 1.18. The molecule has 0 spiro atoms. The number of rotatable bonds is 2. The van der Waals surface area contributed by atoms with Crippen molar-refractivity contribution in [1.29, 1.82) is 0 Å². The molecule has 3 rings (SSSR count). The smallest absolute Gasteiger partial charge is 0.198 e. The number of aromatic nitrogens is 1. The average Bonchev–Trinajstić information content (AvgIpc) is 2.48. The Morgan fingerprint density at radius 2 is 1.86 bits per heavy atom. The van der Waals surface area contributed by atoms with Gasteiger partial charge in [-0.2, -0.15) is 0 Å². The molecule has 2 nitrogen and oxygen atoms in total. The van der Waals surface area contributed by atoms with Gasteiger partial charge in [0.25, 0.3) is 0 Å². The lowest BCUT2D eigenvalue weighted by Crippen LogP contribution is -2.09. The summed E-state index contributed by atoms with van der Waals surface area (Å²) in [5.41, 5.74) is 2.07. The van der Waals surface area contributed by atoms with Crippen LogP contribution in [0.4, 0.5) is 0 Å². The molecule has 3 aromatic rings. The highest BCUT2D eigenvalue weighted by Crippen LogP contribution is 2.34. The Bertz CT molecular complexity index is 889. The molecule has 0 aliphatic heterocycles. The molecule has 0 unspecified atom stereocenters. The summed E-state index contributed by atoms with van der Waals surface area (Å²) in [6.45, 7) is 0. The van der Waals surface area contributed by atoms with Crippen molar-refractivity contribution >= 4 is 45.9 Å². The van der Waals surface area contributed by atoms with Gasteiger partial charge in [-0.05, 0) is 30.5 Å². The third kappa shape index (κ3) is 2.57. The van der Waals surface area contributed by atoms with Gasteiger partial charge in [0, 0.05) is 16.0 Å². The van der Waals surface area contributed by atoms with Crippen LogP contribution in [0.15, 0.2) is 52.3 Å². The van der Waals surface area contributed by atoms with Crippen molar-refractivity contribution in [2.75, 3.05) is 6.26 Å². The first-order chi connectivity index (χ1) is 10.1. The third-order valence-corrected chi connectivity index (χ3v) is 4.54. The molecule has 0 aliphatic rings. The zero-order valence-electron chi connectivity index (χ0n) is 11.1. The van der Waals surface area contributed by atoms with Crippen LogP contribution in [0.2, 0.25) is 10.0 Å². The first-order valence-corrected chi connectivity index (χ1v) is 8.24. The standard InChI is InChI=1S/C16H11Cl2NOS/c1-21-16-14(10-7-6-9(17)8-12(10)18)15(20)11-4-2-3-5-13(11)19-16/h2-8H,1H3,(H,19,20). The van der Waals surface area contributed by atoms with E-state index >= 15 is 0 Å². The highest BCUT2D eigenvalue weighted by molar-refractivity contribution is 7.98. The van der Waals surface area contributed by atoms with Gasteiger partial charge in [0.2, 0.25) is 0 Å². The van der Waals surface area contributed by atoms with Crippen LogP contribution < -0.4 is 5.43 Å². The van der Waals surface area contributed by atoms with E-state index in [-0.39, 0.29) is 5.43 Å². The zero-order chi connectivity index (χ0) is 15.0. The number of para-hydroxylation sites is 1. The van der Waals surface area contributed by atoms with Gasteiger partial charge in [-0.1, -0.05) is 41.4 Å². The van der Waals surface area contributed by atoms with Crippen molar-refractivity contribution in [3.63, 3.8) is 0 Å². The van der Waals surface area contributed by atoms with E-state index in [0.29, 0.717) is 26.6 Å². The van der Waals surface area contributed by atoms with Crippen LogP contribution in [-0.4, -0.2) is 11.2 Å². The molecule has 0 bridgehead atoms. The largest absolute Gasteiger partial charge is 0.349 e. The van der Waals surface area contributed by atoms with E-state index in [4.69, 9.17) is 23.2 Å². The Balaban J connectivity index is 2.41. The second kappa shape index (κ2) is 5.76. The lowest BCUT2D eigenvalue weighted by Gasteiger charge is -2.11. The Hall–Kier alpha value is -1.42. The van der Waals surface area contributed by atoms with Crippen LogP contribution >= 0.6 is 35.0 Å². The summed E-state index contributed by atoms with van der Waals surface area (Å²) in [4.78, 5) is 16.1. The van der Waals surface area contributed by atoms with E-state index in [1.807, 2.05) is 30.5 Å². The van der Waals surface area contributed by atoms with E-state index < -0.39 is 0 Å². The molecule has 2 aromatic carbocycles. The summed E-state index contributed by atoms with van der Waals surface area (Å²) in [7, 11) is 0. The molecule has 21 heavy (non-hydrogen) atoms. The zero-order valence-corrected chi connectivity index (χ0v) is 13.4. The quantitative estimate of drug-likeness (QED) is 0.651. The number of pyridine rings is 1. The summed E-state index contributed by atoms with van der Waals surface area (Å²) < 4.78 is 0. The second-order valence-corrected chi connectivity index (χ2v) is 6.19. The van der Waals surface area contributed by atoms with Crippen molar-refractivity contribution in [3.8, 4) is 11.1 Å². The van der Waals surface area contributed by atoms with Crippen LogP contribution in [0.5, 0.6) is 0 Å². The Morgan fingerprint density at radius 1 is 1.10 bits per heavy atom. The van der Waals surface area contributed by atoms with Crippen LogP contribution in [0.1, 0.15) is 0 Å². The van der Waals surface area contributed by atoms with Gasteiger partial charge < -0.3 is 4.98 Å². The molecule has 106 valence electrons. The van der Waals surface area contributed by atoms with Gasteiger partial charge in [-0.15, -0.1) is 11.8 Å². The van der Waals surface area contributed by atoms with E-state index in [1.165, 1.54) is 11.8 Å². The Labute approximate surface area is 136 Å². The van der Waals surface area contributed by atoms with Crippen molar-refractivity contribution in [3.05, 3.63) is 62.7 Å². The fourth-order valence-corrected chi connectivity index (χ4v) is 3.42. The third-order valence-electron chi connectivity index (χ3n) is 3.28. The van der Waals surface area contributed by atoms with Gasteiger partial charge in [-0.25, -0.2) is 0 Å². The van der Waals surface area contributed by atoms with Gasteiger partial charge in [-0.3, -0.25) is 4.79 Å². The second-order valence-electron chi connectivity index (χ2n) is 4.53. The van der Waals surface area contributed by atoms with Gasteiger partial charge in [0.15, 0.2) is 5.43 Å². The average molecular weight is 336 g/mol. The van der Waals surface area contributed by atoms with Crippen molar-refractivity contribution < 1.29 is 0 Å². The summed E-state index contributed by atoms with van der Waals surface area (Å²) in [5.74, 6) is 0. The lowest BCUT2D eigenvalue weighted by atomic mass is 10.0. The van der Waals surface area contributed by atoms with Crippen LogP contribution in [-0.2, 0) is 0 Å². The number of halogens is 2. The number of hydrogen-bond acceptors (Lipinski definition) is 2. The Morgan fingerprint density at radius 3 is 2.57 bits per heavy atom. The number of nitrogens with one attached hydrogen (secondary N) is 1. The molecular formula is C16H11Cl2NOS. The van der Waals surface area contributed by atoms with Crippen LogP contribution in [0.25, 0.3) is 22.0 Å². The van der Waals surface area contributed by atoms with E-state index in [2.05, 4.69) is 4.98 Å². The van der Waals surface area contributed by atoms with Crippen molar-refractivity contribution in [2.45, 2.75) is 5.03 Å². The molecule has 0 radical (unpaired) electrons. The molecule has 1 N–H and O–H groups in total. The predicted octanol–water partition coefficient (Wildman–Crippen LogP) is 5.22. The maximum absolute atomic E-state index is 12.8. The van der Waals surface area contributed by atoms with E-state index in [9.17, 15) is 4.79 Å². The van der Waals surface area contributed by atoms with E-state index in [0.717, 1.165) is 10.5 Å². The normalized spacial score (nSPS) is 11.0. The van der Waals surface area contributed by atoms with Crippen LogP contribution in [0.3, 0.4) is 0 Å². The molecule has 0 fully saturated rings. The van der Waals surface area contributed by atoms with Gasteiger partial charge in [0.05, 0.1) is 21.1 Å². The predicted molar refractivity (Wildman–Crippen MR) is 91.8 cm³/mol. The van der Waals surface area contributed by atoms with E-state index in [1.54, 1.807) is 18.2 Å². The van der Waals surface area contributed by atoms with Gasteiger partial charge >= 0.3 is 0 Å². The first kappa shape index (κ1) is 14.5. The summed E-state index contributed by atoms with van der Waals surface area (Å²) in [6.07, 6.45) is 1.92. The SMILES string of the molecule is CSc1[nH]c2ccccc2c(=O)c1-c1ccc(Cl)cc1Cl. The molecule has 0 saturated carbocycles. The maximum Gasteiger partial charge on any atom is 0.198 e. The molecule has 0 saturated heterocycles. The van der Waals surface area contributed by atoms with Crippen LogP contribution in [0, 0.1) is 0 Å². The highest BCUT2D eigenvalue weighted by atomic mass is 35.5.